The number of halogens is 2. The van der Waals surface area contributed by atoms with Crippen molar-refractivity contribution in [1.29, 1.82) is 0 Å². The largest absolute Gasteiger partial charge is 0.324 e. The highest BCUT2D eigenvalue weighted by Crippen LogP contribution is 2.24. The molecule has 0 fully saturated rings. The van der Waals surface area contributed by atoms with E-state index in [1.54, 1.807) is 19.1 Å². The quantitative estimate of drug-likeness (QED) is 0.851. The molecule has 0 aliphatic carbocycles. The van der Waals surface area contributed by atoms with Gasteiger partial charge in [0.15, 0.2) is 0 Å². The summed E-state index contributed by atoms with van der Waals surface area (Å²) in [5, 5.41) is 0. The van der Waals surface area contributed by atoms with Crippen LogP contribution in [0.1, 0.15) is 30.5 Å². The zero-order valence-corrected chi connectivity index (χ0v) is 9.36. The third-order valence-electron chi connectivity index (χ3n) is 2.09. The second-order valence-corrected chi connectivity index (χ2v) is 4.06. The minimum atomic E-state index is -0.212. The number of nitrogens with two attached hydrogens (primary N) is 1. The SMILES string of the molecule is CC[C@@H](N)c1cc(Br)cc(C)c1F. The van der Waals surface area contributed by atoms with Crippen LogP contribution < -0.4 is 5.73 Å². The third-order valence-corrected chi connectivity index (χ3v) is 2.54. The van der Waals surface area contributed by atoms with Gasteiger partial charge in [-0.25, -0.2) is 4.39 Å². The lowest BCUT2D eigenvalue weighted by molar-refractivity contribution is 0.568. The van der Waals surface area contributed by atoms with Crippen LogP contribution in [0, 0.1) is 12.7 Å². The van der Waals surface area contributed by atoms with Gasteiger partial charge in [-0.15, -0.1) is 0 Å². The summed E-state index contributed by atoms with van der Waals surface area (Å²) in [5.74, 6) is -0.183. The lowest BCUT2D eigenvalue weighted by Crippen LogP contribution is -2.11. The number of hydrogen-bond acceptors (Lipinski definition) is 1. The molecule has 2 N–H and O–H groups in total. The Balaban J connectivity index is 3.20. The first kappa shape index (κ1) is 10.7. The van der Waals surface area contributed by atoms with E-state index in [2.05, 4.69) is 15.9 Å². The fourth-order valence-corrected chi connectivity index (χ4v) is 1.83. The van der Waals surface area contributed by atoms with Gasteiger partial charge in [0, 0.05) is 16.1 Å². The van der Waals surface area contributed by atoms with E-state index < -0.39 is 0 Å². The Bertz CT molecular complexity index is 312. The predicted molar refractivity (Wildman–Crippen MR) is 56.1 cm³/mol. The van der Waals surface area contributed by atoms with Crippen molar-refractivity contribution in [3.05, 3.63) is 33.5 Å². The molecule has 0 aliphatic rings. The van der Waals surface area contributed by atoms with Gasteiger partial charge in [0.05, 0.1) is 0 Å². The molecule has 0 saturated carbocycles. The van der Waals surface area contributed by atoms with E-state index in [9.17, 15) is 4.39 Å². The van der Waals surface area contributed by atoms with Crippen LogP contribution in [0.3, 0.4) is 0 Å². The monoisotopic (exact) mass is 245 g/mol. The Kier molecular flexibility index (Phi) is 3.45. The maximum absolute atomic E-state index is 13.5. The highest BCUT2D eigenvalue weighted by Gasteiger charge is 2.12. The topological polar surface area (TPSA) is 26.0 Å². The molecule has 1 aromatic carbocycles. The van der Waals surface area contributed by atoms with Crippen LogP contribution in [0.5, 0.6) is 0 Å². The van der Waals surface area contributed by atoms with E-state index in [1.165, 1.54) is 0 Å². The number of rotatable bonds is 2. The molecular formula is C10H13BrFN. The number of hydrogen-bond donors (Lipinski definition) is 1. The second-order valence-electron chi connectivity index (χ2n) is 3.14. The zero-order valence-electron chi connectivity index (χ0n) is 7.77. The summed E-state index contributed by atoms with van der Waals surface area (Å²) >= 11 is 3.32. The van der Waals surface area contributed by atoms with E-state index in [4.69, 9.17) is 5.73 Å². The number of benzene rings is 1. The summed E-state index contributed by atoms with van der Waals surface area (Å²) in [4.78, 5) is 0. The van der Waals surface area contributed by atoms with Gasteiger partial charge < -0.3 is 5.73 Å². The summed E-state index contributed by atoms with van der Waals surface area (Å²) in [6.45, 7) is 3.69. The van der Waals surface area contributed by atoms with E-state index in [-0.39, 0.29) is 11.9 Å². The second kappa shape index (κ2) is 4.20. The van der Waals surface area contributed by atoms with Crippen molar-refractivity contribution >= 4 is 15.9 Å². The van der Waals surface area contributed by atoms with Gasteiger partial charge in [-0.3, -0.25) is 0 Å². The molecule has 0 heterocycles. The zero-order chi connectivity index (χ0) is 10.0. The van der Waals surface area contributed by atoms with E-state index in [0.29, 0.717) is 11.1 Å². The predicted octanol–water partition coefficient (Wildman–Crippen LogP) is 3.31. The lowest BCUT2D eigenvalue weighted by Gasteiger charge is -2.12. The first-order valence-electron chi connectivity index (χ1n) is 4.27. The van der Waals surface area contributed by atoms with Gasteiger partial charge in [0.2, 0.25) is 0 Å². The first-order valence-corrected chi connectivity index (χ1v) is 5.06. The average molecular weight is 246 g/mol. The first-order chi connectivity index (χ1) is 6.06. The maximum Gasteiger partial charge on any atom is 0.130 e. The van der Waals surface area contributed by atoms with Crippen LogP contribution in [-0.4, -0.2) is 0 Å². The highest BCUT2D eigenvalue weighted by atomic mass is 79.9. The van der Waals surface area contributed by atoms with Crippen molar-refractivity contribution in [1.82, 2.24) is 0 Å². The number of aryl methyl sites for hydroxylation is 1. The molecule has 3 heteroatoms. The molecule has 0 aliphatic heterocycles. The fourth-order valence-electron chi connectivity index (χ4n) is 1.24. The molecule has 0 spiro atoms. The Morgan fingerprint density at radius 2 is 2.15 bits per heavy atom. The molecule has 1 nitrogen and oxygen atoms in total. The van der Waals surface area contributed by atoms with Gasteiger partial charge in [-0.05, 0) is 31.0 Å². The van der Waals surface area contributed by atoms with Crippen LogP contribution in [0.25, 0.3) is 0 Å². The Morgan fingerprint density at radius 3 is 2.69 bits per heavy atom. The van der Waals surface area contributed by atoms with Gasteiger partial charge in [-0.1, -0.05) is 22.9 Å². The van der Waals surface area contributed by atoms with E-state index in [1.807, 2.05) is 6.92 Å². The summed E-state index contributed by atoms with van der Waals surface area (Å²) < 4.78 is 14.4. The highest BCUT2D eigenvalue weighted by molar-refractivity contribution is 9.10. The van der Waals surface area contributed by atoms with Crippen molar-refractivity contribution in [2.75, 3.05) is 0 Å². The summed E-state index contributed by atoms with van der Waals surface area (Å²) in [5.41, 5.74) is 7.00. The van der Waals surface area contributed by atoms with Crippen LogP contribution in [-0.2, 0) is 0 Å². The normalized spacial score (nSPS) is 13.0. The van der Waals surface area contributed by atoms with Crippen LogP contribution in [0.15, 0.2) is 16.6 Å². The molecule has 0 radical (unpaired) electrons. The third kappa shape index (κ3) is 2.29. The molecule has 13 heavy (non-hydrogen) atoms. The van der Waals surface area contributed by atoms with Crippen LogP contribution in [0.4, 0.5) is 4.39 Å². The van der Waals surface area contributed by atoms with Crippen LogP contribution >= 0.6 is 15.9 Å². The van der Waals surface area contributed by atoms with Crippen molar-refractivity contribution in [3.8, 4) is 0 Å². The van der Waals surface area contributed by atoms with Gasteiger partial charge in [0.25, 0.3) is 0 Å². The van der Waals surface area contributed by atoms with E-state index >= 15 is 0 Å². The van der Waals surface area contributed by atoms with E-state index in [0.717, 1.165) is 10.9 Å². The fraction of sp³-hybridized carbons (Fsp3) is 0.400. The molecule has 0 aromatic heterocycles. The molecular weight excluding hydrogens is 233 g/mol. The van der Waals surface area contributed by atoms with Crippen LogP contribution in [0.2, 0.25) is 0 Å². The van der Waals surface area contributed by atoms with Crippen molar-refractivity contribution in [2.24, 2.45) is 5.73 Å². The summed E-state index contributed by atoms with van der Waals surface area (Å²) in [6, 6.07) is 3.29. The Morgan fingerprint density at radius 1 is 1.54 bits per heavy atom. The Hall–Kier alpha value is -0.410. The molecule has 0 bridgehead atoms. The molecule has 1 aromatic rings. The average Bonchev–Trinajstić information content (AvgIpc) is 2.10. The Labute approximate surface area is 86.3 Å². The van der Waals surface area contributed by atoms with Crippen molar-refractivity contribution < 1.29 is 4.39 Å². The van der Waals surface area contributed by atoms with Gasteiger partial charge in [0.1, 0.15) is 5.82 Å². The van der Waals surface area contributed by atoms with Crippen molar-refractivity contribution in [3.63, 3.8) is 0 Å². The molecule has 1 atom stereocenters. The smallest absolute Gasteiger partial charge is 0.130 e. The molecule has 72 valence electrons. The molecule has 0 unspecified atom stereocenters. The van der Waals surface area contributed by atoms with Crippen molar-refractivity contribution in [2.45, 2.75) is 26.3 Å². The maximum atomic E-state index is 13.5. The minimum Gasteiger partial charge on any atom is -0.324 e. The molecule has 0 saturated heterocycles. The van der Waals surface area contributed by atoms with Gasteiger partial charge in [-0.2, -0.15) is 0 Å². The standard InChI is InChI=1S/C10H13BrFN/c1-3-9(13)8-5-7(11)4-6(2)10(8)12/h4-5,9H,3,13H2,1-2H3/t9-/m1/s1. The lowest BCUT2D eigenvalue weighted by atomic mass is 10.0. The summed E-state index contributed by atoms with van der Waals surface area (Å²) in [6.07, 6.45) is 0.743. The minimum absolute atomic E-state index is 0.183. The molecule has 0 amide bonds. The van der Waals surface area contributed by atoms with Gasteiger partial charge >= 0.3 is 0 Å². The summed E-state index contributed by atoms with van der Waals surface area (Å²) in [7, 11) is 0. The molecule has 1 rings (SSSR count).